The fourth-order valence-corrected chi connectivity index (χ4v) is 2.11. The van der Waals surface area contributed by atoms with Crippen LogP contribution in [0.3, 0.4) is 0 Å². The van der Waals surface area contributed by atoms with E-state index in [9.17, 15) is 9.59 Å². The van der Waals surface area contributed by atoms with Crippen LogP contribution in [0, 0.1) is 0 Å². The van der Waals surface area contributed by atoms with E-state index in [0.29, 0.717) is 11.3 Å². The van der Waals surface area contributed by atoms with Crippen molar-refractivity contribution in [3.63, 3.8) is 0 Å². The second-order valence-electron chi connectivity index (χ2n) is 5.05. The van der Waals surface area contributed by atoms with E-state index in [1.165, 1.54) is 17.6 Å². The van der Waals surface area contributed by atoms with Crippen molar-refractivity contribution in [2.75, 3.05) is 7.11 Å². The van der Waals surface area contributed by atoms with E-state index in [1.807, 2.05) is 19.3 Å². The van der Waals surface area contributed by atoms with E-state index in [1.54, 1.807) is 48.1 Å². The molecule has 0 unspecified atom stereocenters. The third-order valence-electron chi connectivity index (χ3n) is 3.36. The average molecular weight is 326 g/mol. The maximum absolute atomic E-state index is 12.2. The number of nitrogens with zero attached hydrogens (tertiary/aromatic N) is 1. The number of allylic oxidation sites excluding steroid dienone is 1. The number of carbonyl (C=O) groups excluding carboxylic acids is 2. The molecule has 1 aromatic carbocycles. The smallest absolute Gasteiger partial charge is 0.267 e. The van der Waals surface area contributed by atoms with Gasteiger partial charge in [-0.3, -0.25) is 14.8 Å². The summed E-state index contributed by atoms with van der Waals surface area (Å²) in [6.45, 7) is 0. The van der Waals surface area contributed by atoms with Gasteiger partial charge in [0.15, 0.2) is 5.78 Å². The SMILES string of the molecule is COc1cccc(C(=O)/C=C/c2cc(/C=C/C(=O)NO)n(C)c2)c1. The number of ether oxygens (including phenoxy) is 1. The lowest BCUT2D eigenvalue weighted by atomic mass is 10.1. The second kappa shape index (κ2) is 7.94. The fourth-order valence-electron chi connectivity index (χ4n) is 2.11. The number of benzene rings is 1. The fraction of sp³-hybridized carbons (Fsp3) is 0.111. The first-order valence-corrected chi connectivity index (χ1v) is 7.18. The van der Waals surface area contributed by atoms with Crippen molar-refractivity contribution in [3.8, 4) is 5.75 Å². The summed E-state index contributed by atoms with van der Waals surface area (Å²) in [5, 5.41) is 8.46. The summed E-state index contributed by atoms with van der Waals surface area (Å²) in [6, 6.07) is 8.76. The Morgan fingerprint density at radius 3 is 2.71 bits per heavy atom. The predicted octanol–water partition coefficient (Wildman–Crippen LogP) is 2.45. The van der Waals surface area contributed by atoms with Gasteiger partial charge in [-0.25, -0.2) is 5.48 Å². The van der Waals surface area contributed by atoms with Crippen molar-refractivity contribution in [2.45, 2.75) is 0 Å². The molecule has 124 valence electrons. The molecule has 1 amide bonds. The topological polar surface area (TPSA) is 80.6 Å². The van der Waals surface area contributed by atoms with Crippen LogP contribution >= 0.6 is 0 Å². The van der Waals surface area contributed by atoms with Gasteiger partial charge in [0.05, 0.1) is 7.11 Å². The number of ketones is 1. The van der Waals surface area contributed by atoms with Gasteiger partial charge >= 0.3 is 0 Å². The van der Waals surface area contributed by atoms with Gasteiger partial charge < -0.3 is 9.30 Å². The lowest BCUT2D eigenvalue weighted by Crippen LogP contribution is -2.14. The molecule has 6 heteroatoms. The number of nitrogens with one attached hydrogen (secondary N) is 1. The zero-order valence-corrected chi connectivity index (χ0v) is 13.4. The number of amides is 1. The number of hydrogen-bond donors (Lipinski definition) is 2. The number of rotatable bonds is 6. The zero-order valence-electron chi connectivity index (χ0n) is 13.4. The molecular weight excluding hydrogens is 308 g/mol. The van der Waals surface area contributed by atoms with E-state index in [0.717, 1.165) is 11.3 Å². The maximum atomic E-state index is 12.2. The normalized spacial score (nSPS) is 11.1. The Hall–Kier alpha value is -3.12. The van der Waals surface area contributed by atoms with E-state index >= 15 is 0 Å². The summed E-state index contributed by atoms with van der Waals surface area (Å²) in [6.07, 6.45) is 7.78. The highest BCUT2D eigenvalue weighted by Crippen LogP contribution is 2.15. The van der Waals surface area contributed by atoms with Crippen LogP contribution < -0.4 is 10.2 Å². The number of aromatic nitrogens is 1. The molecule has 0 aliphatic carbocycles. The number of hydrogen-bond acceptors (Lipinski definition) is 4. The Morgan fingerprint density at radius 2 is 2.00 bits per heavy atom. The van der Waals surface area contributed by atoms with Crippen molar-refractivity contribution in [3.05, 3.63) is 65.5 Å². The minimum atomic E-state index is -0.610. The van der Waals surface area contributed by atoms with Gasteiger partial charge in [0.25, 0.3) is 5.91 Å². The van der Waals surface area contributed by atoms with Crippen LogP contribution in [0.15, 0.2) is 48.7 Å². The molecule has 1 aromatic heterocycles. The predicted molar refractivity (Wildman–Crippen MR) is 90.7 cm³/mol. The van der Waals surface area contributed by atoms with Gasteiger partial charge in [-0.2, -0.15) is 0 Å². The van der Waals surface area contributed by atoms with E-state index in [4.69, 9.17) is 9.94 Å². The van der Waals surface area contributed by atoms with E-state index < -0.39 is 5.91 Å². The lowest BCUT2D eigenvalue weighted by Gasteiger charge is -2.00. The zero-order chi connectivity index (χ0) is 17.5. The molecule has 0 aliphatic rings. The highest BCUT2D eigenvalue weighted by atomic mass is 16.5. The molecule has 1 heterocycles. The quantitative estimate of drug-likeness (QED) is 0.370. The molecule has 2 aromatic rings. The van der Waals surface area contributed by atoms with Gasteiger partial charge in [-0.1, -0.05) is 12.1 Å². The van der Waals surface area contributed by atoms with Crippen LogP contribution in [0.1, 0.15) is 21.6 Å². The van der Waals surface area contributed by atoms with Gasteiger partial charge in [-0.05, 0) is 42.0 Å². The molecular formula is C18H18N2O4. The Bertz CT molecular complexity index is 803. The van der Waals surface area contributed by atoms with Crippen LogP contribution in [-0.2, 0) is 11.8 Å². The minimum Gasteiger partial charge on any atom is -0.497 e. The molecule has 2 rings (SSSR count). The molecule has 0 saturated heterocycles. The van der Waals surface area contributed by atoms with Crippen molar-refractivity contribution >= 4 is 23.8 Å². The van der Waals surface area contributed by atoms with Crippen molar-refractivity contribution in [2.24, 2.45) is 7.05 Å². The number of hydroxylamine groups is 1. The molecule has 0 saturated carbocycles. The van der Waals surface area contributed by atoms with Crippen LogP contribution in [-0.4, -0.2) is 28.6 Å². The summed E-state index contributed by atoms with van der Waals surface area (Å²) in [5.41, 5.74) is 3.64. The Morgan fingerprint density at radius 1 is 1.21 bits per heavy atom. The summed E-state index contributed by atoms with van der Waals surface area (Å²) in [4.78, 5) is 23.2. The van der Waals surface area contributed by atoms with E-state index in [2.05, 4.69) is 0 Å². The van der Waals surface area contributed by atoms with Gasteiger partial charge in [0.2, 0.25) is 0 Å². The van der Waals surface area contributed by atoms with Crippen molar-refractivity contribution < 1.29 is 19.5 Å². The first kappa shape index (κ1) is 17.2. The minimum absolute atomic E-state index is 0.130. The molecule has 0 bridgehead atoms. The molecule has 0 atom stereocenters. The Labute approximate surface area is 139 Å². The van der Waals surface area contributed by atoms with E-state index in [-0.39, 0.29) is 5.78 Å². The van der Waals surface area contributed by atoms with Crippen LogP contribution in [0.5, 0.6) is 5.75 Å². The lowest BCUT2D eigenvalue weighted by molar-refractivity contribution is -0.124. The average Bonchev–Trinajstić information content (AvgIpc) is 2.97. The van der Waals surface area contributed by atoms with Crippen LogP contribution in [0.25, 0.3) is 12.2 Å². The molecule has 0 radical (unpaired) electrons. The highest BCUT2D eigenvalue weighted by Gasteiger charge is 2.04. The first-order valence-electron chi connectivity index (χ1n) is 7.18. The standard InChI is InChI=1S/C18H18N2O4/c1-20-12-13(10-15(20)7-9-18(22)19-23)6-8-17(21)14-4-3-5-16(11-14)24-2/h3-12,23H,1-2H3,(H,19,22)/b8-6+,9-7+. The van der Waals surface area contributed by atoms with Gasteiger partial charge in [0, 0.05) is 30.6 Å². The summed E-state index contributed by atoms with van der Waals surface area (Å²) >= 11 is 0. The molecule has 0 fully saturated rings. The summed E-state index contributed by atoms with van der Waals surface area (Å²) in [5.74, 6) is -0.112. The highest BCUT2D eigenvalue weighted by molar-refractivity contribution is 6.07. The van der Waals surface area contributed by atoms with Crippen LogP contribution in [0.2, 0.25) is 0 Å². The largest absolute Gasteiger partial charge is 0.497 e. The third kappa shape index (κ3) is 4.44. The molecule has 2 N–H and O–H groups in total. The molecule has 6 nitrogen and oxygen atoms in total. The third-order valence-corrected chi connectivity index (χ3v) is 3.36. The Kier molecular flexibility index (Phi) is 5.70. The number of aryl methyl sites for hydroxylation is 1. The monoisotopic (exact) mass is 326 g/mol. The second-order valence-corrected chi connectivity index (χ2v) is 5.05. The Balaban J connectivity index is 2.12. The summed E-state index contributed by atoms with van der Waals surface area (Å²) < 4.78 is 6.91. The maximum Gasteiger partial charge on any atom is 0.267 e. The molecule has 0 aliphatic heterocycles. The van der Waals surface area contributed by atoms with Gasteiger partial charge in [0.1, 0.15) is 5.75 Å². The molecule has 24 heavy (non-hydrogen) atoms. The molecule has 0 spiro atoms. The first-order chi connectivity index (χ1) is 11.5. The van der Waals surface area contributed by atoms with Crippen LogP contribution in [0.4, 0.5) is 0 Å². The van der Waals surface area contributed by atoms with Gasteiger partial charge in [-0.15, -0.1) is 0 Å². The van der Waals surface area contributed by atoms with Crippen molar-refractivity contribution in [1.29, 1.82) is 0 Å². The number of carbonyl (C=O) groups is 2. The summed E-state index contributed by atoms with van der Waals surface area (Å²) in [7, 11) is 3.37. The van der Waals surface area contributed by atoms with Crippen molar-refractivity contribution in [1.82, 2.24) is 10.0 Å². The number of methoxy groups -OCH3 is 1.